The maximum absolute atomic E-state index is 11.8. The number of halogens is 1. The standard InChI is InChI=1S/C13H15ClN2O4/c1-7-2-3-8(4-10(7)14)15-13(19)16-11-6-20-5-9(11)12(17)18/h2-4,9,11H,5-6H2,1H3,(H,17,18)(H2,15,16,19). The Bertz CT molecular complexity index is 535. The third-order valence-corrected chi connectivity index (χ3v) is 3.55. The fourth-order valence-electron chi connectivity index (χ4n) is 1.95. The number of benzene rings is 1. The van der Waals surface area contributed by atoms with E-state index in [1.54, 1.807) is 18.2 Å². The minimum atomic E-state index is -0.980. The predicted molar refractivity (Wildman–Crippen MR) is 74.1 cm³/mol. The van der Waals surface area contributed by atoms with Gasteiger partial charge in [-0.1, -0.05) is 17.7 Å². The van der Waals surface area contributed by atoms with E-state index in [4.69, 9.17) is 21.4 Å². The molecule has 2 rings (SSSR count). The minimum absolute atomic E-state index is 0.108. The highest BCUT2D eigenvalue weighted by Crippen LogP contribution is 2.20. The summed E-state index contributed by atoms with van der Waals surface area (Å²) in [6, 6.07) is 4.13. The van der Waals surface area contributed by atoms with Gasteiger partial charge in [0, 0.05) is 10.7 Å². The van der Waals surface area contributed by atoms with Crippen molar-refractivity contribution in [3.63, 3.8) is 0 Å². The summed E-state index contributed by atoms with van der Waals surface area (Å²) in [6.07, 6.45) is 0. The molecule has 1 saturated heterocycles. The molecule has 0 saturated carbocycles. The number of carboxylic acids is 1. The quantitative estimate of drug-likeness (QED) is 0.795. The van der Waals surface area contributed by atoms with Crippen LogP contribution >= 0.6 is 11.6 Å². The van der Waals surface area contributed by atoms with E-state index in [0.717, 1.165) is 5.56 Å². The highest BCUT2D eigenvalue weighted by Gasteiger charge is 2.35. The summed E-state index contributed by atoms with van der Waals surface area (Å²) in [4.78, 5) is 22.8. The zero-order chi connectivity index (χ0) is 14.7. The number of ether oxygens (including phenoxy) is 1. The van der Waals surface area contributed by atoms with Crippen LogP contribution in [-0.2, 0) is 9.53 Å². The molecule has 2 unspecified atom stereocenters. The van der Waals surface area contributed by atoms with Crippen molar-refractivity contribution in [1.82, 2.24) is 5.32 Å². The summed E-state index contributed by atoms with van der Waals surface area (Å²) >= 11 is 5.96. The molecule has 0 bridgehead atoms. The molecule has 2 atom stereocenters. The van der Waals surface area contributed by atoms with Crippen LogP contribution in [-0.4, -0.2) is 36.4 Å². The maximum Gasteiger partial charge on any atom is 0.319 e. The van der Waals surface area contributed by atoms with Gasteiger partial charge in [0.25, 0.3) is 0 Å². The molecule has 3 N–H and O–H groups in total. The van der Waals surface area contributed by atoms with Crippen LogP contribution in [0.4, 0.5) is 10.5 Å². The number of carbonyl (C=O) groups is 2. The van der Waals surface area contributed by atoms with Crippen LogP contribution in [0.2, 0.25) is 5.02 Å². The van der Waals surface area contributed by atoms with Crippen molar-refractivity contribution >= 4 is 29.3 Å². The molecule has 0 radical (unpaired) electrons. The molecule has 1 aliphatic heterocycles. The molecule has 2 amide bonds. The molecule has 1 aliphatic rings. The summed E-state index contributed by atoms with van der Waals surface area (Å²) < 4.78 is 5.07. The predicted octanol–water partition coefficient (Wildman–Crippen LogP) is 1.87. The second-order valence-corrected chi connectivity index (χ2v) is 5.06. The number of carboxylic acid groups (broad SMARTS) is 1. The number of aryl methyl sites for hydroxylation is 1. The van der Waals surface area contributed by atoms with E-state index in [1.807, 2.05) is 6.92 Å². The zero-order valence-electron chi connectivity index (χ0n) is 10.9. The lowest BCUT2D eigenvalue weighted by Gasteiger charge is -2.16. The van der Waals surface area contributed by atoms with Gasteiger partial charge in [0.2, 0.25) is 0 Å². The number of hydrogen-bond donors (Lipinski definition) is 3. The summed E-state index contributed by atoms with van der Waals surface area (Å²) in [7, 11) is 0. The van der Waals surface area contributed by atoms with Crippen molar-refractivity contribution in [2.24, 2.45) is 5.92 Å². The number of anilines is 1. The number of hydrogen-bond acceptors (Lipinski definition) is 3. The van der Waals surface area contributed by atoms with Crippen LogP contribution in [0.1, 0.15) is 5.56 Å². The molecule has 0 aliphatic carbocycles. The summed E-state index contributed by atoms with van der Waals surface area (Å²) in [5.74, 6) is -1.70. The van der Waals surface area contributed by atoms with Crippen molar-refractivity contribution in [3.05, 3.63) is 28.8 Å². The second kappa shape index (κ2) is 6.11. The molecule has 1 fully saturated rings. The van der Waals surface area contributed by atoms with E-state index in [1.165, 1.54) is 0 Å². The molecule has 0 spiro atoms. The van der Waals surface area contributed by atoms with Gasteiger partial charge in [-0.3, -0.25) is 4.79 Å². The molecule has 1 heterocycles. The Morgan fingerprint density at radius 2 is 2.15 bits per heavy atom. The first-order valence-electron chi connectivity index (χ1n) is 6.11. The van der Waals surface area contributed by atoms with Crippen molar-refractivity contribution in [2.45, 2.75) is 13.0 Å². The molecular weight excluding hydrogens is 284 g/mol. The van der Waals surface area contributed by atoms with E-state index in [0.29, 0.717) is 10.7 Å². The highest BCUT2D eigenvalue weighted by molar-refractivity contribution is 6.31. The molecule has 0 aromatic heterocycles. The monoisotopic (exact) mass is 298 g/mol. The SMILES string of the molecule is Cc1ccc(NC(=O)NC2COCC2C(=O)O)cc1Cl. The van der Waals surface area contributed by atoms with Crippen molar-refractivity contribution in [3.8, 4) is 0 Å². The maximum atomic E-state index is 11.8. The topological polar surface area (TPSA) is 87.7 Å². The fourth-order valence-corrected chi connectivity index (χ4v) is 2.13. The molecular formula is C13H15ClN2O4. The number of nitrogens with one attached hydrogen (secondary N) is 2. The number of amides is 2. The van der Waals surface area contributed by atoms with Crippen LogP contribution in [0.15, 0.2) is 18.2 Å². The van der Waals surface area contributed by atoms with Gasteiger partial charge >= 0.3 is 12.0 Å². The Morgan fingerprint density at radius 1 is 1.40 bits per heavy atom. The van der Waals surface area contributed by atoms with E-state index in [9.17, 15) is 9.59 Å². The zero-order valence-corrected chi connectivity index (χ0v) is 11.6. The van der Waals surface area contributed by atoms with Crippen molar-refractivity contribution in [1.29, 1.82) is 0 Å². The smallest absolute Gasteiger partial charge is 0.319 e. The Hall–Kier alpha value is -1.79. The van der Waals surface area contributed by atoms with Gasteiger partial charge in [-0.15, -0.1) is 0 Å². The van der Waals surface area contributed by atoms with Crippen LogP contribution in [0.3, 0.4) is 0 Å². The summed E-state index contributed by atoms with van der Waals surface area (Å²) in [5, 5.41) is 14.7. The van der Waals surface area contributed by atoms with E-state index in [-0.39, 0.29) is 13.2 Å². The lowest BCUT2D eigenvalue weighted by molar-refractivity contribution is -0.142. The molecule has 7 heteroatoms. The van der Waals surface area contributed by atoms with Crippen LogP contribution in [0.5, 0.6) is 0 Å². The first kappa shape index (κ1) is 14.6. The fraction of sp³-hybridized carbons (Fsp3) is 0.385. The van der Waals surface area contributed by atoms with Gasteiger partial charge in [-0.05, 0) is 24.6 Å². The molecule has 108 valence electrons. The van der Waals surface area contributed by atoms with Crippen LogP contribution < -0.4 is 10.6 Å². The Morgan fingerprint density at radius 3 is 2.80 bits per heavy atom. The third-order valence-electron chi connectivity index (χ3n) is 3.14. The second-order valence-electron chi connectivity index (χ2n) is 4.65. The van der Waals surface area contributed by atoms with Crippen molar-refractivity contribution < 1.29 is 19.4 Å². The summed E-state index contributed by atoms with van der Waals surface area (Å²) in [5.41, 5.74) is 1.46. The number of aliphatic carboxylic acids is 1. The number of carbonyl (C=O) groups excluding carboxylic acids is 1. The van der Waals surface area contributed by atoms with Gasteiger partial charge < -0.3 is 20.5 Å². The normalized spacial score (nSPS) is 21.5. The lowest BCUT2D eigenvalue weighted by atomic mass is 10.0. The molecule has 1 aromatic rings. The van der Waals surface area contributed by atoms with Gasteiger partial charge in [0.05, 0.1) is 19.3 Å². The van der Waals surface area contributed by atoms with Crippen LogP contribution in [0.25, 0.3) is 0 Å². The first-order valence-corrected chi connectivity index (χ1v) is 6.49. The summed E-state index contributed by atoms with van der Waals surface area (Å²) in [6.45, 7) is 2.16. The number of rotatable bonds is 3. The first-order chi connectivity index (χ1) is 9.47. The Labute approximate surface area is 121 Å². The van der Waals surface area contributed by atoms with E-state index in [2.05, 4.69) is 10.6 Å². The van der Waals surface area contributed by atoms with E-state index < -0.39 is 24.0 Å². The average Bonchev–Trinajstić information content (AvgIpc) is 2.82. The number of urea groups is 1. The molecule has 20 heavy (non-hydrogen) atoms. The Balaban J connectivity index is 1.95. The average molecular weight is 299 g/mol. The minimum Gasteiger partial charge on any atom is -0.481 e. The van der Waals surface area contributed by atoms with E-state index >= 15 is 0 Å². The van der Waals surface area contributed by atoms with Gasteiger partial charge in [0.1, 0.15) is 5.92 Å². The van der Waals surface area contributed by atoms with Gasteiger partial charge in [0.15, 0.2) is 0 Å². The molecule has 1 aromatic carbocycles. The highest BCUT2D eigenvalue weighted by atomic mass is 35.5. The van der Waals surface area contributed by atoms with Gasteiger partial charge in [-0.25, -0.2) is 4.79 Å². The molecule has 6 nitrogen and oxygen atoms in total. The van der Waals surface area contributed by atoms with Crippen LogP contribution in [0, 0.1) is 12.8 Å². The lowest BCUT2D eigenvalue weighted by Crippen LogP contribution is -2.44. The van der Waals surface area contributed by atoms with Crippen molar-refractivity contribution in [2.75, 3.05) is 18.5 Å². The van der Waals surface area contributed by atoms with Gasteiger partial charge in [-0.2, -0.15) is 0 Å². The third kappa shape index (κ3) is 3.40. The largest absolute Gasteiger partial charge is 0.481 e. The Kier molecular flexibility index (Phi) is 4.46.